The minimum absolute atomic E-state index is 0.0200. The number of aliphatic hydroxyl groups is 2. The number of carbonyl (C=O) groups is 2. The number of rotatable bonds is 10. The molecule has 0 aliphatic carbocycles. The summed E-state index contributed by atoms with van der Waals surface area (Å²) in [7, 11) is 0. The molecular weight excluding hydrogens is 451 g/mol. The van der Waals surface area contributed by atoms with E-state index < -0.39 is 24.7 Å². The standard InChI is InChI=1S/C27H29FN2O5/c1-16(2)12-23(17(3)32)30-27(34)25-14-19(26(33)15-31)13-24(29-25)18-4-8-21(9-5-18)35-22-10-6-20(28)7-11-22/h4-11,13-14,16,23,26,31,33H,12,15H2,1-3H3,(H,30,34)/t23-,26-/m0/s1. The number of amides is 1. The van der Waals surface area contributed by atoms with Gasteiger partial charge in [0.2, 0.25) is 0 Å². The fourth-order valence-electron chi connectivity index (χ4n) is 3.48. The van der Waals surface area contributed by atoms with E-state index in [-0.39, 0.29) is 23.2 Å². The highest BCUT2D eigenvalue weighted by molar-refractivity contribution is 5.96. The van der Waals surface area contributed by atoms with Gasteiger partial charge in [0.1, 0.15) is 29.1 Å². The number of aromatic nitrogens is 1. The number of Topliss-reactive ketones (excluding diaryl/α,β-unsaturated/α-hetero) is 1. The van der Waals surface area contributed by atoms with E-state index in [1.165, 1.54) is 37.3 Å². The zero-order valence-corrected chi connectivity index (χ0v) is 19.9. The Morgan fingerprint density at radius 2 is 1.63 bits per heavy atom. The molecule has 0 aliphatic rings. The second-order valence-electron chi connectivity index (χ2n) is 8.72. The molecule has 2 aromatic carbocycles. The molecule has 1 aromatic heterocycles. The number of carbonyl (C=O) groups excluding carboxylic acids is 2. The topological polar surface area (TPSA) is 109 Å². The van der Waals surface area contributed by atoms with E-state index in [1.54, 1.807) is 30.3 Å². The van der Waals surface area contributed by atoms with Crippen LogP contribution in [0.25, 0.3) is 11.3 Å². The van der Waals surface area contributed by atoms with Crippen molar-refractivity contribution in [2.24, 2.45) is 5.92 Å². The van der Waals surface area contributed by atoms with Crippen LogP contribution in [0.3, 0.4) is 0 Å². The van der Waals surface area contributed by atoms with Gasteiger partial charge in [0.25, 0.3) is 5.91 Å². The maximum Gasteiger partial charge on any atom is 0.270 e. The lowest BCUT2D eigenvalue weighted by molar-refractivity contribution is -0.119. The van der Waals surface area contributed by atoms with Crippen LogP contribution in [0.1, 0.15) is 49.3 Å². The number of hydrogen-bond acceptors (Lipinski definition) is 6. The SMILES string of the molecule is CC(=O)[C@H](CC(C)C)NC(=O)c1cc([C@@H](O)CO)cc(-c2ccc(Oc3ccc(F)cc3)cc2)n1. The van der Waals surface area contributed by atoms with E-state index in [0.29, 0.717) is 34.7 Å². The van der Waals surface area contributed by atoms with E-state index in [2.05, 4.69) is 10.3 Å². The Hall–Kier alpha value is -3.62. The van der Waals surface area contributed by atoms with Crippen LogP contribution in [-0.4, -0.2) is 39.5 Å². The molecule has 0 bridgehead atoms. The van der Waals surface area contributed by atoms with Crippen LogP contribution in [0.15, 0.2) is 60.7 Å². The molecule has 0 fully saturated rings. The number of halogens is 1. The molecule has 0 unspecified atom stereocenters. The molecule has 0 radical (unpaired) electrons. The Morgan fingerprint density at radius 3 is 2.17 bits per heavy atom. The molecule has 1 heterocycles. The second kappa shape index (κ2) is 11.7. The third kappa shape index (κ3) is 7.18. The molecule has 8 heteroatoms. The Morgan fingerprint density at radius 1 is 1.03 bits per heavy atom. The smallest absolute Gasteiger partial charge is 0.270 e. The molecule has 3 aromatic rings. The monoisotopic (exact) mass is 480 g/mol. The van der Waals surface area contributed by atoms with Crippen molar-refractivity contribution in [2.75, 3.05) is 6.61 Å². The van der Waals surface area contributed by atoms with Crippen molar-refractivity contribution in [2.45, 2.75) is 39.3 Å². The molecule has 3 N–H and O–H groups in total. The van der Waals surface area contributed by atoms with Crippen LogP contribution in [-0.2, 0) is 4.79 Å². The zero-order valence-electron chi connectivity index (χ0n) is 19.9. The van der Waals surface area contributed by atoms with Crippen molar-refractivity contribution < 1.29 is 28.9 Å². The summed E-state index contributed by atoms with van der Waals surface area (Å²) >= 11 is 0. The van der Waals surface area contributed by atoms with Crippen LogP contribution in [0, 0.1) is 11.7 Å². The van der Waals surface area contributed by atoms with Gasteiger partial charge in [-0.1, -0.05) is 13.8 Å². The third-order valence-corrected chi connectivity index (χ3v) is 5.34. The summed E-state index contributed by atoms with van der Waals surface area (Å²) in [5.41, 5.74) is 1.38. The van der Waals surface area contributed by atoms with Crippen molar-refractivity contribution in [1.29, 1.82) is 0 Å². The summed E-state index contributed by atoms with van der Waals surface area (Å²) in [6.45, 7) is 4.81. The highest BCUT2D eigenvalue weighted by Gasteiger charge is 2.22. The molecule has 0 saturated heterocycles. The summed E-state index contributed by atoms with van der Waals surface area (Å²) < 4.78 is 18.8. The van der Waals surface area contributed by atoms with Crippen LogP contribution in [0.5, 0.6) is 11.5 Å². The second-order valence-corrected chi connectivity index (χ2v) is 8.72. The van der Waals surface area contributed by atoms with Crippen LogP contribution < -0.4 is 10.1 Å². The van der Waals surface area contributed by atoms with E-state index in [1.807, 2.05) is 13.8 Å². The molecule has 0 saturated carbocycles. The number of pyridine rings is 1. The van der Waals surface area contributed by atoms with Crippen molar-refractivity contribution in [3.05, 3.63) is 77.7 Å². The molecule has 1 amide bonds. The fourth-order valence-corrected chi connectivity index (χ4v) is 3.48. The molecule has 2 atom stereocenters. The van der Waals surface area contributed by atoms with Gasteiger partial charge in [-0.15, -0.1) is 0 Å². The van der Waals surface area contributed by atoms with Crippen molar-refractivity contribution in [1.82, 2.24) is 10.3 Å². The van der Waals surface area contributed by atoms with Gasteiger partial charge >= 0.3 is 0 Å². The van der Waals surface area contributed by atoms with E-state index in [9.17, 15) is 24.2 Å². The lowest BCUT2D eigenvalue weighted by atomic mass is 10.0. The molecule has 0 aliphatic heterocycles. The largest absolute Gasteiger partial charge is 0.457 e. The number of nitrogens with one attached hydrogen (secondary N) is 1. The molecular formula is C27H29FN2O5. The first-order valence-corrected chi connectivity index (χ1v) is 11.3. The minimum Gasteiger partial charge on any atom is -0.457 e. The van der Waals surface area contributed by atoms with Gasteiger partial charge in [-0.2, -0.15) is 0 Å². The van der Waals surface area contributed by atoms with E-state index >= 15 is 0 Å². The number of benzene rings is 2. The van der Waals surface area contributed by atoms with Crippen molar-refractivity contribution in [3.63, 3.8) is 0 Å². The van der Waals surface area contributed by atoms with Gasteiger partial charge in [0, 0.05) is 5.56 Å². The molecule has 35 heavy (non-hydrogen) atoms. The number of hydrogen-bond donors (Lipinski definition) is 3. The highest BCUT2D eigenvalue weighted by Crippen LogP contribution is 2.27. The summed E-state index contributed by atoms with van der Waals surface area (Å²) in [6.07, 6.45) is -0.716. The maximum absolute atomic E-state index is 13.1. The molecule has 3 rings (SSSR count). The lowest BCUT2D eigenvalue weighted by Gasteiger charge is -2.18. The number of ether oxygens (including phenoxy) is 1. The Balaban J connectivity index is 1.88. The van der Waals surface area contributed by atoms with Gasteiger partial charge < -0.3 is 20.3 Å². The molecule has 184 valence electrons. The number of aliphatic hydroxyl groups excluding tert-OH is 2. The normalized spacial score (nSPS) is 12.8. The number of nitrogens with zero attached hydrogens (tertiary/aromatic N) is 1. The van der Waals surface area contributed by atoms with Gasteiger partial charge in [-0.05, 0) is 85.5 Å². The van der Waals surface area contributed by atoms with E-state index in [4.69, 9.17) is 4.74 Å². The maximum atomic E-state index is 13.1. The van der Waals surface area contributed by atoms with Gasteiger partial charge in [-0.3, -0.25) is 9.59 Å². The number of ketones is 1. The minimum atomic E-state index is -1.20. The van der Waals surface area contributed by atoms with Crippen LogP contribution in [0.4, 0.5) is 4.39 Å². The predicted octanol–water partition coefficient (Wildman–Crippen LogP) is 4.44. The van der Waals surface area contributed by atoms with Crippen molar-refractivity contribution in [3.8, 4) is 22.8 Å². The summed E-state index contributed by atoms with van der Waals surface area (Å²) in [4.78, 5) is 29.4. The van der Waals surface area contributed by atoms with Gasteiger partial charge in [0.05, 0.1) is 18.3 Å². The first-order chi connectivity index (χ1) is 16.7. The lowest BCUT2D eigenvalue weighted by Crippen LogP contribution is -2.41. The predicted molar refractivity (Wildman–Crippen MR) is 130 cm³/mol. The summed E-state index contributed by atoms with van der Waals surface area (Å²) in [5, 5.41) is 22.4. The first-order valence-electron chi connectivity index (χ1n) is 11.3. The Kier molecular flexibility index (Phi) is 8.68. The highest BCUT2D eigenvalue weighted by atomic mass is 19.1. The molecule has 0 spiro atoms. The average molecular weight is 481 g/mol. The van der Waals surface area contributed by atoms with Crippen LogP contribution in [0.2, 0.25) is 0 Å². The summed E-state index contributed by atoms with van der Waals surface area (Å²) in [6, 6.07) is 14.8. The van der Waals surface area contributed by atoms with Gasteiger partial charge in [0.15, 0.2) is 5.78 Å². The zero-order chi connectivity index (χ0) is 25.5. The Bertz CT molecular complexity index is 1160. The Labute approximate surface area is 203 Å². The van der Waals surface area contributed by atoms with Crippen molar-refractivity contribution >= 4 is 11.7 Å². The van der Waals surface area contributed by atoms with E-state index in [0.717, 1.165) is 0 Å². The first kappa shape index (κ1) is 26.0. The van der Waals surface area contributed by atoms with Crippen LogP contribution >= 0.6 is 0 Å². The van der Waals surface area contributed by atoms with Gasteiger partial charge in [-0.25, -0.2) is 9.37 Å². The average Bonchev–Trinajstić information content (AvgIpc) is 2.84. The molecule has 7 nitrogen and oxygen atoms in total. The quantitative estimate of drug-likeness (QED) is 0.396. The fraction of sp³-hybridized carbons (Fsp3) is 0.296. The summed E-state index contributed by atoms with van der Waals surface area (Å²) in [5.74, 6) is 0.132. The third-order valence-electron chi connectivity index (χ3n) is 5.34.